The van der Waals surface area contributed by atoms with E-state index in [0.29, 0.717) is 5.56 Å². The van der Waals surface area contributed by atoms with Gasteiger partial charge in [-0.3, -0.25) is 14.6 Å². The van der Waals surface area contributed by atoms with E-state index in [9.17, 15) is 42.8 Å². The molecule has 13 nitrogen and oxygen atoms in total. The third-order valence-electron chi connectivity index (χ3n) is 4.97. The summed E-state index contributed by atoms with van der Waals surface area (Å²) in [5.41, 5.74) is 0.296. The Morgan fingerprint density at radius 2 is 1.69 bits per heavy atom. The second-order valence-corrected chi connectivity index (χ2v) is 11.5. The number of amides is 1. The molecule has 2 unspecified atom stereocenters. The van der Waals surface area contributed by atoms with Gasteiger partial charge in [0.05, 0.1) is 15.9 Å². The summed E-state index contributed by atoms with van der Waals surface area (Å²) in [7, 11) is -9.51. The highest BCUT2D eigenvalue weighted by Crippen LogP contribution is 2.39. The Morgan fingerprint density at radius 1 is 1.11 bits per heavy atom. The zero-order valence-corrected chi connectivity index (χ0v) is 21.2. The van der Waals surface area contributed by atoms with Crippen LogP contribution in [0.15, 0.2) is 59.5 Å². The summed E-state index contributed by atoms with van der Waals surface area (Å²) in [6.07, 6.45) is -3.14. The largest absolute Gasteiger partial charge is 0.469 e. The molecule has 0 aromatic heterocycles. The molecule has 0 saturated heterocycles. The average Bonchev–Trinajstić information content (AvgIpc) is 2.77. The zero-order valence-electron chi connectivity index (χ0n) is 19.5. The standard InChI is InChI=1S/C21H28N3O10PS/c1-15(2)13-23(36(32,33)18-10-8-17(9-11-18)24(27)28)14-20(34-35(29,30)31)19(22-21(25)26)12-16-6-4-3-5-7-16/h3-11,15,19-20,22H,12-14H2,1-2H3,(H,25,26)(H2,29,30,31). The quantitative estimate of drug-likeness (QED) is 0.165. The van der Waals surface area contributed by atoms with E-state index in [1.54, 1.807) is 44.2 Å². The monoisotopic (exact) mass is 545 g/mol. The zero-order chi connectivity index (χ0) is 27.1. The van der Waals surface area contributed by atoms with Crippen LogP contribution in [-0.4, -0.2) is 63.9 Å². The number of phosphoric ester groups is 1. The molecule has 0 radical (unpaired) electrons. The van der Waals surface area contributed by atoms with Crippen molar-refractivity contribution in [1.82, 2.24) is 9.62 Å². The number of nitrogens with one attached hydrogen (secondary N) is 1. The Balaban J connectivity index is 2.49. The van der Waals surface area contributed by atoms with Gasteiger partial charge in [0.15, 0.2) is 0 Å². The number of nitrogens with zero attached hydrogens (tertiary/aromatic N) is 2. The highest BCUT2D eigenvalue weighted by molar-refractivity contribution is 7.89. The number of carbonyl (C=O) groups is 1. The summed E-state index contributed by atoms with van der Waals surface area (Å²) >= 11 is 0. The molecule has 36 heavy (non-hydrogen) atoms. The van der Waals surface area contributed by atoms with E-state index < -0.39 is 47.6 Å². The Bertz CT molecular complexity index is 1190. The molecular weight excluding hydrogens is 517 g/mol. The van der Waals surface area contributed by atoms with Crippen molar-refractivity contribution in [2.45, 2.75) is 37.3 Å². The molecule has 0 heterocycles. The van der Waals surface area contributed by atoms with E-state index in [2.05, 4.69) is 5.32 Å². The van der Waals surface area contributed by atoms with Gasteiger partial charge in [0.2, 0.25) is 10.0 Å². The van der Waals surface area contributed by atoms with Gasteiger partial charge in [0.1, 0.15) is 6.10 Å². The Morgan fingerprint density at radius 3 is 2.17 bits per heavy atom. The van der Waals surface area contributed by atoms with Crippen LogP contribution in [0.5, 0.6) is 0 Å². The lowest BCUT2D eigenvalue weighted by atomic mass is 10.0. The third-order valence-corrected chi connectivity index (χ3v) is 7.36. The lowest BCUT2D eigenvalue weighted by molar-refractivity contribution is -0.384. The second kappa shape index (κ2) is 12.4. The first kappa shape index (κ1) is 29.4. The third kappa shape index (κ3) is 8.97. The van der Waals surface area contributed by atoms with E-state index in [4.69, 9.17) is 4.52 Å². The molecule has 198 valence electrons. The summed E-state index contributed by atoms with van der Waals surface area (Å²) in [5.74, 6) is -0.242. The van der Waals surface area contributed by atoms with Gasteiger partial charge in [0, 0.05) is 25.2 Å². The number of nitro groups is 1. The summed E-state index contributed by atoms with van der Waals surface area (Å²) in [4.78, 5) is 40.5. The molecule has 0 aliphatic heterocycles. The second-order valence-electron chi connectivity index (χ2n) is 8.35. The predicted molar refractivity (Wildman–Crippen MR) is 129 cm³/mol. The first-order valence-corrected chi connectivity index (χ1v) is 13.7. The Hall–Kier alpha value is -2.87. The number of hydrogen-bond acceptors (Lipinski definition) is 7. The van der Waals surface area contributed by atoms with Crippen molar-refractivity contribution in [2.75, 3.05) is 13.1 Å². The van der Waals surface area contributed by atoms with Gasteiger partial charge in [-0.1, -0.05) is 44.2 Å². The summed E-state index contributed by atoms with van der Waals surface area (Å²) in [6, 6.07) is 11.4. The van der Waals surface area contributed by atoms with Crippen molar-refractivity contribution in [3.8, 4) is 0 Å². The number of benzene rings is 2. The number of carboxylic acid groups (broad SMARTS) is 1. The number of sulfonamides is 1. The molecule has 2 rings (SSSR count). The highest BCUT2D eigenvalue weighted by Gasteiger charge is 2.36. The van der Waals surface area contributed by atoms with Gasteiger partial charge in [-0.2, -0.15) is 4.31 Å². The molecule has 0 spiro atoms. The van der Waals surface area contributed by atoms with Crippen LogP contribution in [0.2, 0.25) is 0 Å². The summed E-state index contributed by atoms with van der Waals surface area (Å²) in [6.45, 7) is 2.72. The van der Waals surface area contributed by atoms with E-state index in [1.165, 1.54) is 0 Å². The molecule has 0 bridgehead atoms. The molecule has 1 amide bonds. The normalized spacial score (nSPS) is 13.9. The van der Waals surface area contributed by atoms with Crippen LogP contribution in [0, 0.1) is 16.0 Å². The van der Waals surface area contributed by atoms with Crippen molar-refractivity contribution >= 4 is 29.6 Å². The maximum absolute atomic E-state index is 13.4. The van der Waals surface area contributed by atoms with Crippen molar-refractivity contribution in [3.05, 3.63) is 70.3 Å². The van der Waals surface area contributed by atoms with Gasteiger partial charge in [0.25, 0.3) is 5.69 Å². The lowest BCUT2D eigenvalue weighted by Gasteiger charge is -2.32. The molecular formula is C21H28N3O10PS. The van der Waals surface area contributed by atoms with Gasteiger partial charge in [-0.25, -0.2) is 17.8 Å². The first-order valence-electron chi connectivity index (χ1n) is 10.7. The number of hydrogen-bond donors (Lipinski definition) is 4. The van der Waals surface area contributed by atoms with Gasteiger partial charge in [-0.15, -0.1) is 0 Å². The van der Waals surface area contributed by atoms with Crippen molar-refractivity contribution in [1.29, 1.82) is 0 Å². The molecule has 2 aromatic carbocycles. The minimum absolute atomic E-state index is 0.0507. The Labute approximate surface area is 208 Å². The fraction of sp³-hybridized carbons (Fsp3) is 0.381. The fourth-order valence-corrected chi connectivity index (χ4v) is 5.66. The molecule has 2 atom stereocenters. The fourth-order valence-electron chi connectivity index (χ4n) is 3.48. The minimum atomic E-state index is -5.19. The van der Waals surface area contributed by atoms with Crippen LogP contribution in [-0.2, 0) is 25.5 Å². The Kier molecular flexibility index (Phi) is 10.1. The van der Waals surface area contributed by atoms with Crippen molar-refractivity contribution in [3.63, 3.8) is 0 Å². The molecule has 4 N–H and O–H groups in total. The van der Waals surface area contributed by atoms with Crippen molar-refractivity contribution in [2.24, 2.45) is 5.92 Å². The van der Waals surface area contributed by atoms with E-state index in [1.807, 2.05) is 0 Å². The molecule has 2 aromatic rings. The molecule has 0 aliphatic carbocycles. The number of non-ortho nitro benzene ring substituents is 1. The SMILES string of the molecule is CC(C)CN(CC(OP(=O)(O)O)C(Cc1ccccc1)NC(=O)O)S(=O)(=O)c1ccc([N+](=O)[O-])cc1. The van der Waals surface area contributed by atoms with Crippen LogP contribution in [0.3, 0.4) is 0 Å². The van der Waals surface area contributed by atoms with Gasteiger partial charge >= 0.3 is 13.9 Å². The molecule has 15 heteroatoms. The van der Waals surface area contributed by atoms with E-state index in [-0.39, 0.29) is 29.5 Å². The van der Waals surface area contributed by atoms with Crippen molar-refractivity contribution < 1.29 is 42.1 Å². The average molecular weight is 546 g/mol. The van der Waals surface area contributed by atoms with Crippen LogP contribution in [0.25, 0.3) is 0 Å². The van der Waals surface area contributed by atoms with Crippen LogP contribution >= 0.6 is 7.82 Å². The maximum atomic E-state index is 13.4. The van der Waals surface area contributed by atoms with Gasteiger partial charge < -0.3 is 20.2 Å². The van der Waals surface area contributed by atoms with Gasteiger partial charge in [-0.05, 0) is 30.0 Å². The smallest absolute Gasteiger partial charge is 0.465 e. The topological polar surface area (TPSA) is 197 Å². The molecule has 0 saturated carbocycles. The number of nitro benzene ring substituents is 1. The first-order chi connectivity index (χ1) is 16.7. The number of rotatable bonds is 13. The number of phosphoric acid groups is 1. The van der Waals surface area contributed by atoms with Crippen LogP contribution in [0.1, 0.15) is 19.4 Å². The highest BCUT2D eigenvalue weighted by atomic mass is 32.2. The summed E-state index contributed by atoms with van der Waals surface area (Å²) < 4.78 is 44.4. The lowest BCUT2D eigenvalue weighted by Crippen LogP contribution is -2.51. The summed E-state index contributed by atoms with van der Waals surface area (Å²) in [5, 5.41) is 22.5. The molecule has 0 aliphatic rings. The maximum Gasteiger partial charge on any atom is 0.469 e. The minimum Gasteiger partial charge on any atom is -0.465 e. The predicted octanol–water partition coefficient (Wildman–Crippen LogP) is 2.60. The molecule has 0 fully saturated rings. The van der Waals surface area contributed by atoms with E-state index in [0.717, 1.165) is 28.6 Å². The van der Waals surface area contributed by atoms with Crippen LogP contribution < -0.4 is 5.32 Å². The van der Waals surface area contributed by atoms with Crippen LogP contribution in [0.4, 0.5) is 10.5 Å². The van der Waals surface area contributed by atoms with E-state index >= 15 is 0 Å².